The van der Waals surface area contributed by atoms with Crippen molar-refractivity contribution in [2.45, 2.75) is 13.2 Å². The molecule has 0 amide bonds. The SMILES string of the molecule is Cl.NCc1ccc(-c2cc(Cl)ccc2Cl)c(OCc2ccccc2)c1. The number of hydrogen-bond acceptors (Lipinski definition) is 2. The maximum atomic E-state index is 6.35. The van der Waals surface area contributed by atoms with E-state index in [0.29, 0.717) is 23.2 Å². The molecule has 25 heavy (non-hydrogen) atoms. The molecule has 0 aliphatic rings. The number of nitrogens with two attached hydrogens (primary N) is 1. The molecule has 2 nitrogen and oxygen atoms in total. The van der Waals surface area contributed by atoms with Crippen LogP contribution >= 0.6 is 35.6 Å². The first-order valence-corrected chi connectivity index (χ1v) is 8.38. The van der Waals surface area contributed by atoms with E-state index in [1.807, 2.05) is 54.6 Å². The lowest BCUT2D eigenvalue weighted by atomic mass is 10.0. The minimum absolute atomic E-state index is 0. The van der Waals surface area contributed by atoms with Crippen molar-refractivity contribution in [2.75, 3.05) is 0 Å². The number of halogens is 3. The lowest BCUT2D eigenvalue weighted by molar-refractivity contribution is 0.307. The zero-order chi connectivity index (χ0) is 16.9. The Balaban J connectivity index is 0.00000225. The smallest absolute Gasteiger partial charge is 0.128 e. The van der Waals surface area contributed by atoms with Gasteiger partial charge in [0.25, 0.3) is 0 Å². The summed E-state index contributed by atoms with van der Waals surface area (Å²) in [6.07, 6.45) is 0. The van der Waals surface area contributed by atoms with Crippen molar-refractivity contribution in [3.8, 4) is 16.9 Å². The normalized spacial score (nSPS) is 10.2. The predicted octanol–water partition coefficient (Wildman–Crippen LogP) is 6.12. The van der Waals surface area contributed by atoms with Crippen LogP contribution in [-0.2, 0) is 13.2 Å². The van der Waals surface area contributed by atoms with Gasteiger partial charge in [-0.15, -0.1) is 12.4 Å². The zero-order valence-corrected chi connectivity index (χ0v) is 15.7. The molecule has 0 saturated carbocycles. The van der Waals surface area contributed by atoms with Crippen molar-refractivity contribution in [1.82, 2.24) is 0 Å². The molecule has 3 aromatic carbocycles. The van der Waals surface area contributed by atoms with Crippen LogP contribution in [-0.4, -0.2) is 0 Å². The van der Waals surface area contributed by atoms with Crippen LogP contribution in [0.15, 0.2) is 66.7 Å². The van der Waals surface area contributed by atoms with Crippen LogP contribution in [0.5, 0.6) is 5.75 Å². The molecule has 5 heteroatoms. The molecular formula is C20H18Cl3NO. The van der Waals surface area contributed by atoms with Crippen molar-refractivity contribution < 1.29 is 4.74 Å². The Bertz CT molecular complexity index is 838. The van der Waals surface area contributed by atoms with Gasteiger partial charge in [0.05, 0.1) is 0 Å². The molecule has 0 radical (unpaired) electrons. The summed E-state index contributed by atoms with van der Waals surface area (Å²) in [4.78, 5) is 0. The molecule has 3 aromatic rings. The van der Waals surface area contributed by atoms with E-state index >= 15 is 0 Å². The largest absolute Gasteiger partial charge is 0.488 e. The number of ether oxygens (including phenoxy) is 1. The number of hydrogen-bond donors (Lipinski definition) is 1. The average molecular weight is 395 g/mol. The first kappa shape index (κ1) is 19.6. The molecular weight excluding hydrogens is 377 g/mol. The number of rotatable bonds is 5. The van der Waals surface area contributed by atoms with Crippen LogP contribution in [0, 0.1) is 0 Å². The molecule has 0 bridgehead atoms. The molecule has 0 aliphatic heterocycles. The maximum absolute atomic E-state index is 6.35. The van der Waals surface area contributed by atoms with Crippen molar-refractivity contribution in [3.05, 3.63) is 87.9 Å². The second kappa shape index (κ2) is 9.12. The van der Waals surface area contributed by atoms with Crippen LogP contribution in [0.3, 0.4) is 0 Å². The van der Waals surface area contributed by atoms with Gasteiger partial charge in [0, 0.05) is 27.7 Å². The molecule has 0 heterocycles. The predicted molar refractivity (Wildman–Crippen MR) is 108 cm³/mol. The summed E-state index contributed by atoms with van der Waals surface area (Å²) in [5, 5.41) is 1.26. The third kappa shape index (κ3) is 4.90. The van der Waals surface area contributed by atoms with Gasteiger partial charge in [0.1, 0.15) is 12.4 Å². The molecule has 0 unspecified atom stereocenters. The fourth-order valence-corrected chi connectivity index (χ4v) is 2.87. The minimum atomic E-state index is 0. The van der Waals surface area contributed by atoms with Gasteiger partial charge in [-0.3, -0.25) is 0 Å². The van der Waals surface area contributed by atoms with Crippen LogP contribution < -0.4 is 10.5 Å². The van der Waals surface area contributed by atoms with E-state index in [-0.39, 0.29) is 12.4 Å². The van der Waals surface area contributed by atoms with Crippen LogP contribution in [0.1, 0.15) is 11.1 Å². The Hall–Kier alpha value is -1.71. The monoisotopic (exact) mass is 393 g/mol. The summed E-state index contributed by atoms with van der Waals surface area (Å²) in [6, 6.07) is 21.3. The Morgan fingerprint density at radius 2 is 1.56 bits per heavy atom. The van der Waals surface area contributed by atoms with Crippen molar-refractivity contribution >= 4 is 35.6 Å². The lowest BCUT2D eigenvalue weighted by Crippen LogP contribution is -2.01. The van der Waals surface area contributed by atoms with E-state index in [4.69, 9.17) is 33.7 Å². The van der Waals surface area contributed by atoms with E-state index < -0.39 is 0 Å². The average Bonchev–Trinajstić information content (AvgIpc) is 2.62. The first-order valence-electron chi connectivity index (χ1n) is 7.62. The highest BCUT2D eigenvalue weighted by Gasteiger charge is 2.12. The zero-order valence-electron chi connectivity index (χ0n) is 13.4. The summed E-state index contributed by atoms with van der Waals surface area (Å²) in [7, 11) is 0. The Morgan fingerprint density at radius 3 is 2.28 bits per heavy atom. The van der Waals surface area contributed by atoms with Crippen LogP contribution in [0.4, 0.5) is 0 Å². The summed E-state index contributed by atoms with van der Waals surface area (Å²) in [5.74, 6) is 0.742. The van der Waals surface area contributed by atoms with Gasteiger partial charge in [-0.25, -0.2) is 0 Å². The third-order valence-electron chi connectivity index (χ3n) is 3.74. The summed E-state index contributed by atoms with van der Waals surface area (Å²) in [6.45, 7) is 0.922. The van der Waals surface area contributed by atoms with Gasteiger partial charge in [-0.05, 0) is 35.4 Å². The summed E-state index contributed by atoms with van der Waals surface area (Å²) in [5.41, 5.74) is 9.60. The van der Waals surface area contributed by atoms with Gasteiger partial charge < -0.3 is 10.5 Å². The van der Waals surface area contributed by atoms with Crippen LogP contribution in [0.2, 0.25) is 10.0 Å². The van der Waals surface area contributed by atoms with Crippen molar-refractivity contribution in [2.24, 2.45) is 5.73 Å². The second-order valence-electron chi connectivity index (χ2n) is 5.43. The van der Waals surface area contributed by atoms with Gasteiger partial charge in [-0.1, -0.05) is 65.7 Å². The molecule has 2 N–H and O–H groups in total. The van der Waals surface area contributed by atoms with Crippen LogP contribution in [0.25, 0.3) is 11.1 Å². The first-order chi connectivity index (χ1) is 11.7. The standard InChI is InChI=1S/C20H17Cl2NO.ClH/c21-16-7-9-19(22)18(11-16)17-8-6-15(12-23)10-20(17)24-13-14-4-2-1-3-5-14;/h1-11H,12-13,23H2;1H. The van der Waals surface area contributed by atoms with Gasteiger partial charge in [-0.2, -0.15) is 0 Å². The topological polar surface area (TPSA) is 35.2 Å². The quantitative estimate of drug-likeness (QED) is 0.566. The molecule has 0 fully saturated rings. The molecule has 0 aliphatic carbocycles. The Kier molecular flexibility index (Phi) is 7.15. The maximum Gasteiger partial charge on any atom is 0.128 e. The third-order valence-corrected chi connectivity index (χ3v) is 4.30. The molecule has 0 aromatic heterocycles. The van der Waals surface area contributed by atoms with E-state index in [1.54, 1.807) is 12.1 Å². The molecule has 0 atom stereocenters. The van der Waals surface area contributed by atoms with E-state index in [2.05, 4.69) is 0 Å². The molecule has 130 valence electrons. The molecule has 3 rings (SSSR count). The minimum Gasteiger partial charge on any atom is -0.488 e. The molecule has 0 saturated heterocycles. The Morgan fingerprint density at radius 1 is 0.800 bits per heavy atom. The van der Waals surface area contributed by atoms with Gasteiger partial charge >= 0.3 is 0 Å². The lowest BCUT2D eigenvalue weighted by Gasteiger charge is -2.14. The molecule has 0 spiro atoms. The summed E-state index contributed by atoms with van der Waals surface area (Å²) >= 11 is 12.5. The van der Waals surface area contributed by atoms with Gasteiger partial charge in [0.15, 0.2) is 0 Å². The van der Waals surface area contributed by atoms with Gasteiger partial charge in [0.2, 0.25) is 0 Å². The second-order valence-corrected chi connectivity index (χ2v) is 6.28. The van der Waals surface area contributed by atoms with Crippen molar-refractivity contribution in [1.29, 1.82) is 0 Å². The van der Waals surface area contributed by atoms with E-state index in [1.165, 1.54) is 0 Å². The fraction of sp³-hybridized carbons (Fsp3) is 0.100. The number of benzene rings is 3. The highest BCUT2D eigenvalue weighted by atomic mass is 35.5. The highest BCUT2D eigenvalue weighted by Crippen LogP contribution is 2.37. The van der Waals surface area contributed by atoms with E-state index in [0.717, 1.165) is 28.0 Å². The fourth-order valence-electron chi connectivity index (χ4n) is 2.47. The van der Waals surface area contributed by atoms with Crippen molar-refractivity contribution in [3.63, 3.8) is 0 Å². The Labute approximate surface area is 163 Å². The summed E-state index contributed by atoms with van der Waals surface area (Å²) < 4.78 is 6.06. The highest BCUT2D eigenvalue weighted by molar-refractivity contribution is 6.35. The van der Waals surface area contributed by atoms with E-state index in [9.17, 15) is 0 Å².